The van der Waals surface area contributed by atoms with E-state index in [4.69, 9.17) is 20.8 Å². The minimum atomic E-state index is -0.500. The molecule has 1 N–H and O–H groups in total. The molecule has 7 heteroatoms. The number of rotatable bonds is 4. The molecule has 0 bridgehead atoms. The van der Waals surface area contributed by atoms with Crippen LogP contribution >= 0.6 is 11.6 Å². The standard InChI is InChI=1S/C16H12ClN3O3/c1-22-13-7-5-10(6-8-13)15-19-20-16(23-15)14(21)18-12-4-2-3-11(17)9-12/h2-9H,1H3,(H,18,21). The van der Waals surface area contributed by atoms with Crippen molar-refractivity contribution in [2.45, 2.75) is 0 Å². The third-order valence-corrected chi connectivity index (χ3v) is 3.27. The fourth-order valence-corrected chi connectivity index (χ4v) is 2.11. The highest BCUT2D eigenvalue weighted by Gasteiger charge is 2.16. The molecule has 1 aromatic heterocycles. The lowest BCUT2D eigenvalue weighted by Crippen LogP contribution is -2.12. The van der Waals surface area contributed by atoms with Gasteiger partial charge in [-0.1, -0.05) is 17.7 Å². The van der Waals surface area contributed by atoms with Gasteiger partial charge in [0.15, 0.2) is 0 Å². The number of halogens is 1. The summed E-state index contributed by atoms with van der Waals surface area (Å²) in [7, 11) is 1.58. The van der Waals surface area contributed by atoms with E-state index >= 15 is 0 Å². The molecule has 1 heterocycles. The molecule has 0 aliphatic heterocycles. The molecule has 6 nitrogen and oxygen atoms in total. The number of methoxy groups -OCH3 is 1. The Morgan fingerprint density at radius 3 is 2.65 bits per heavy atom. The second-order valence-electron chi connectivity index (χ2n) is 4.61. The predicted octanol–water partition coefficient (Wildman–Crippen LogP) is 3.65. The monoisotopic (exact) mass is 329 g/mol. The van der Waals surface area contributed by atoms with Crippen LogP contribution in [0.4, 0.5) is 5.69 Å². The van der Waals surface area contributed by atoms with Gasteiger partial charge < -0.3 is 14.5 Å². The molecule has 0 saturated carbocycles. The van der Waals surface area contributed by atoms with Gasteiger partial charge in [0.25, 0.3) is 0 Å². The van der Waals surface area contributed by atoms with Gasteiger partial charge in [-0.3, -0.25) is 4.79 Å². The van der Waals surface area contributed by atoms with E-state index in [1.54, 1.807) is 55.6 Å². The van der Waals surface area contributed by atoms with Crippen LogP contribution in [0, 0.1) is 0 Å². The predicted molar refractivity (Wildman–Crippen MR) is 85.7 cm³/mol. The molecular weight excluding hydrogens is 318 g/mol. The van der Waals surface area contributed by atoms with Gasteiger partial charge in [0.2, 0.25) is 5.89 Å². The van der Waals surface area contributed by atoms with Gasteiger partial charge in [0.1, 0.15) is 5.75 Å². The number of carbonyl (C=O) groups is 1. The molecule has 0 spiro atoms. The van der Waals surface area contributed by atoms with Crippen LogP contribution in [0.2, 0.25) is 5.02 Å². The highest BCUT2D eigenvalue weighted by molar-refractivity contribution is 6.30. The van der Waals surface area contributed by atoms with Crippen molar-refractivity contribution in [1.82, 2.24) is 10.2 Å². The Kier molecular flexibility index (Phi) is 4.25. The molecule has 3 aromatic rings. The number of hydrogen-bond donors (Lipinski definition) is 1. The van der Waals surface area contributed by atoms with E-state index in [2.05, 4.69) is 15.5 Å². The molecule has 116 valence electrons. The highest BCUT2D eigenvalue weighted by Crippen LogP contribution is 2.22. The number of anilines is 1. The van der Waals surface area contributed by atoms with Crippen molar-refractivity contribution in [3.05, 3.63) is 59.4 Å². The van der Waals surface area contributed by atoms with Crippen LogP contribution in [-0.2, 0) is 0 Å². The van der Waals surface area contributed by atoms with Crippen LogP contribution < -0.4 is 10.1 Å². The maximum Gasteiger partial charge on any atom is 0.313 e. The van der Waals surface area contributed by atoms with Crippen molar-refractivity contribution in [3.8, 4) is 17.2 Å². The number of carbonyl (C=O) groups excluding carboxylic acids is 1. The maximum absolute atomic E-state index is 12.1. The van der Waals surface area contributed by atoms with Crippen molar-refractivity contribution in [1.29, 1.82) is 0 Å². The SMILES string of the molecule is COc1ccc(-c2nnc(C(=O)Nc3cccc(Cl)c3)o2)cc1. The Labute approximate surface area is 137 Å². The Hall–Kier alpha value is -2.86. The summed E-state index contributed by atoms with van der Waals surface area (Å²) in [6.45, 7) is 0. The molecule has 0 radical (unpaired) electrons. The summed E-state index contributed by atoms with van der Waals surface area (Å²) in [6.07, 6.45) is 0. The first kappa shape index (κ1) is 15.1. The van der Waals surface area contributed by atoms with Gasteiger partial charge in [-0.05, 0) is 42.5 Å². The largest absolute Gasteiger partial charge is 0.497 e. The number of aromatic nitrogens is 2. The normalized spacial score (nSPS) is 10.3. The summed E-state index contributed by atoms with van der Waals surface area (Å²) in [6, 6.07) is 13.9. The fourth-order valence-electron chi connectivity index (χ4n) is 1.92. The fraction of sp³-hybridized carbons (Fsp3) is 0.0625. The summed E-state index contributed by atoms with van der Waals surface area (Å²) in [5, 5.41) is 10.8. The first-order valence-corrected chi connectivity index (χ1v) is 7.08. The Bertz CT molecular complexity index is 831. The molecule has 0 aliphatic rings. The number of benzene rings is 2. The second-order valence-corrected chi connectivity index (χ2v) is 5.04. The number of hydrogen-bond acceptors (Lipinski definition) is 5. The lowest BCUT2D eigenvalue weighted by atomic mass is 10.2. The molecule has 0 unspecified atom stereocenters. The summed E-state index contributed by atoms with van der Waals surface area (Å²) in [5.41, 5.74) is 1.24. The van der Waals surface area contributed by atoms with Gasteiger partial charge in [0, 0.05) is 16.3 Å². The third-order valence-electron chi connectivity index (χ3n) is 3.04. The van der Waals surface area contributed by atoms with Crippen LogP contribution in [0.3, 0.4) is 0 Å². The molecule has 0 fully saturated rings. The molecule has 23 heavy (non-hydrogen) atoms. The lowest BCUT2D eigenvalue weighted by molar-refractivity contribution is 0.0991. The third kappa shape index (κ3) is 3.49. The van der Waals surface area contributed by atoms with Crippen LogP contribution in [0.5, 0.6) is 5.75 Å². The second kappa shape index (κ2) is 6.50. The Balaban J connectivity index is 1.76. The zero-order valence-corrected chi connectivity index (χ0v) is 12.9. The molecular formula is C16H12ClN3O3. The van der Waals surface area contributed by atoms with Gasteiger partial charge in [-0.15, -0.1) is 10.2 Å². The molecule has 0 atom stereocenters. The minimum absolute atomic E-state index is 0.129. The Morgan fingerprint density at radius 1 is 1.17 bits per heavy atom. The van der Waals surface area contributed by atoms with E-state index in [-0.39, 0.29) is 11.8 Å². The number of nitrogens with zero attached hydrogens (tertiary/aromatic N) is 2. The van der Waals surface area contributed by atoms with Gasteiger partial charge in [0.05, 0.1) is 7.11 Å². The van der Waals surface area contributed by atoms with Crippen LogP contribution in [-0.4, -0.2) is 23.2 Å². The average Bonchev–Trinajstić information content (AvgIpc) is 3.05. The molecule has 0 aliphatic carbocycles. The summed E-state index contributed by atoms with van der Waals surface area (Å²) in [5.74, 6) is 0.339. The van der Waals surface area contributed by atoms with Crippen LogP contribution in [0.25, 0.3) is 11.5 Å². The van der Waals surface area contributed by atoms with E-state index in [9.17, 15) is 4.79 Å². The van der Waals surface area contributed by atoms with Gasteiger partial charge in [-0.2, -0.15) is 0 Å². The summed E-state index contributed by atoms with van der Waals surface area (Å²) < 4.78 is 10.5. The number of nitrogens with one attached hydrogen (secondary N) is 1. The quantitative estimate of drug-likeness (QED) is 0.790. The highest BCUT2D eigenvalue weighted by atomic mass is 35.5. The van der Waals surface area contributed by atoms with Crippen molar-refractivity contribution >= 4 is 23.2 Å². The molecule has 2 aromatic carbocycles. The average molecular weight is 330 g/mol. The van der Waals surface area contributed by atoms with E-state index in [1.807, 2.05) is 0 Å². The maximum atomic E-state index is 12.1. The lowest BCUT2D eigenvalue weighted by Gasteiger charge is -2.02. The summed E-state index contributed by atoms with van der Waals surface area (Å²) in [4.78, 5) is 12.1. The Morgan fingerprint density at radius 2 is 1.96 bits per heavy atom. The molecule has 0 saturated heterocycles. The van der Waals surface area contributed by atoms with Crippen molar-refractivity contribution in [2.75, 3.05) is 12.4 Å². The summed E-state index contributed by atoms with van der Waals surface area (Å²) >= 11 is 5.87. The smallest absolute Gasteiger partial charge is 0.313 e. The number of amides is 1. The minimum Gasteiger partial charge on any atom is -0.497 e. The van der Waals surface area contributed by atoms with Crippen molar-refractivity contribution in [3.63, 3.8) is 0 Å². The zero-order valence-electron chi connectivity index (χ0n) is 12.1. The zero-order chi connectivity index (χ0) is 16.2. The first-order chi connectivity index (χ1) is 11.2. The van der Waals surface area contributed by atoms with Crippen LogP contribution in [0.15, 0.2) is 52.9 Å². The van der Waals surface area contributed by atoms with E-state index in [1.165, 1.54) is 0 Å². The van der Waals surface area contributed by atoms with Gasteiger partial charge >= 0.3 is 11.8 Å². The van der Waals surface area contributed by atoms with E-state index in [0.29, 0.717) is 22.0 Å². The topological polar surface area (TPSA) is 77.2 Å². The van der Waals surface area contributed by atoms with Gasteiger partial charge in [-0.25, -0.2) is 0 Å². The van der Waals surface area contributed by atoms with Crippen LogP contribution in [0.1, 0.15) is 10.7 Å². The molecule has 3 rings (SSSR count). The van der Waals surface area contributed by atoms with E-state index in [0.717, 1.165) is 0 Å². The van der Waals surface area contributed by atoms with Crippen molar-refractivity contribution in [2.24, 2.45) is 0 Å². The van der Waals surface area contributed by atoms with E-state index < -0.39 is 5.91 Å². The first-order valence-electron chi connectivity index (χ1n) is 6.70. The molecule has 1 amide bonds. The number of ether oxygens (including phenoxy) is 1. The van der Waals surface area contributed by atoms with Crippen molar-refractivity contribution < 1.29 is 13.9 Å².